The zero-order valence-corrected chi connectivity index (χ0v) is 31.4. The second-order valence-corrected chi connectivity index (χ2v) is 18.5. The Bertz CT molecular complexity index is 1450. The summed E-state index contributed by atoms with van der Waals surface area (Å²) in [5.41, 5.74) is 1.44. The summed E-state index contributed by atoms with van der Waals surface area (Å²) in [7, 11) is 0. The molecule has 2 N–H and O–H groups in total. The fourth-order valence-electron chi connectivity index (χ4n) is 13.8. The summed E-state index contributed by atoms with van der Waals surface area (Å²) in [5, 5.41) is 13.6. The number of rotatable bonds is 8. The normalized spacial score (nSPS) is 43.5. The molecule has 13 unspecified atom stereocenters. The van der Waals surface area contributed by atoms with Crippen molar-refractivity contribution in [3.05, 3.63) is 35.9 Å². The third-order valence-electron chi connectivity index (χ3n) is 16.7. The third kappa shape index (κ3) is 6.26. The Balaban J connectivity index is 0.840. The summed E-state index contributed by atoms with van der Waals surface area (Å²) >= 11 is 0. The molecule has 1 heterocycles. The van der Waals surface area contributed by atoms with Gasteiger partial charge in [-0.1, -0.05) is 45.4 Å². The number of aliphatic carboxylic acids is 1. The van der Waals surface area contributed by atoms with Crippen molar-refractivity contribution < 1.29 is 24.2 Å². The molecular weight excluding hydrogens is 638 g/mol. The van der Waals surface area contributed by atoms with Gasteiger partial charge in [0.05, 0.1) is 11.8 Å². The minimum absolute atomic E-state index is 0.0277. The molecule has 0 aromatic heterocycles. The summed E-state index contributed by atoms with van der Waals surface area (Å²) < 4.78 is 6.22. The smallest absolute Gasteiger partial charge is 0.309 e. The van der Waals surface area contributed by atoms with Gasteiger partial charge < -0.3 is 20.1 Å². The van der Waals surface area contributed by atoms with E-state index in [2.05, 4.69) is 24.1 Å². The largest absolute Gasteiger partial charge is 0.481 e. The SMILES string of the molecule is CC1C(C(=O)O)CC1C(=O)OC1CCC2(C)C(CCC3C4CCC5(NCCN6CCN(C(=O)c7ccccc7)CC6)CCCC5C4CCC32)C1C. The van der Waals surface area contributed by atoms with E-state index in [-0.39, 0.29) is 29.8 Å². The van der Waals surface area contributed by atoms with Gasteiger partial charge in [-0.05, 0) is 136 Å². The highest BCUT2D eigenvalue weighted by Gasteiger charge is 2.61. The lowest BCUT2D eigenvalue weighted by molar-refractivity contribution is -0.186. The van der Waals surface area contributed by atoms with Gasteiger partial charge in [0.15, 0.2) is 0 Å². The molecule has 1 aromatic rings. The van der Waals surface area contributed by atoms with Gasteiger partial charge in [0.1, 0.15) is 6.10 Å². The monoisotopic (exact) mass is 701 g/mol. The van der Waals surface area contributed by atoms with Crippen LogP contribution >= 0.6 is 0 Å². The van der Waals surface area contributed by atoms with Crippen LogP contribution in [0.1, 0.15) is 108 Å². The highest BCUT2D eigenvalue weighted by atomic mass is 16.5. The number of carbonyl (C=O) groups is 3. The average Bonchev–Trinajstić information content (AvgIpc) is 3.57. The van der Waals surface area contributed by atoms with Crippen molar-refractivity contribution in [3.8, 4) is 0 Å². The number of ether oxygens (including phenoxy) is 1. The molecule has 13 atom stereocenters. The highest BCUT2D eigenvalue weighted by Crippen LogP contribution is 2.66. The van der Waals surface area contributed by atoms with Crippen LogP contribution in [-0.2, 0) is 14.3 Å². The van der Waals surface area contributed by atoms with E-state index < -0.39 is 11.9 Å². The van der Waals surface area contributed by atoms with E-state index in [1.165, 1.54) is 57.8 Å². The predicted molar refractivity (Wildman–Crippen MR) is 197 cm³/mol. The topological polar surface area (TPSA) is 99.2 Å². The van der Waals surface area contributed by atoms with Gasteiger partial charge in [0, 0.05) is 50.4 Å². The Kier molecular flexibility index (Phi) is 9.82. The van der Waals surface area contributed by atoms with Gasteiger partial charge in [-0.15, -0.1) is 0 Å². The Morgan fingerprint density at radius 1 is 0.804 bits per heavy atom. The van der Waals surface area contributed by atoms with Gasteiger partial charge in [0.25, 0.3) is 5.91 Å². The number of fused-ring (bicyclic) bond motifs is 7. The van der Waals surface area contributed by atoms with Gasteiger partial charge >= 0.3 is 11.9 Å². The minimum atomic E-state index is -0.784. The molecule has 6 saturated carbocycles. The van der Waals surface area contributed by atoms with Crippen LogP contribution in [0.25, 0.3) is 0 Å². The first-order chi connectivity index (χ1) is 24.6. The van der Waals surface area contributed by atoms with Gasteiger partial charge in [-0.2, -0.15) is 0 Å². The number of carboxylic acid groups (broad SMARTS) is 1. The number of esters is 1. The summed E-state index contributed by atoms with van der Waals surface area (Å²) in [6.07, 6.45) is 14.7. The Labute approximate surface area is 305 Å². The Hall–Kier alpha value is -2.45. The summed E-state index contributed by atoms with van der Waals surface area (Å²) in [6, 6.07) is 9.71. The molecule has 0 spiro atoms. The van der Waals surface area contributed by atoms with Gasteiger partial charge in [-0.25, -0.2) is 0 Å². The number of amides is 1. The fraction of sp³-hybridized carbons (Fsp3) is 0.791. The minimum Gasteiger partial charge on any atom is -0.481 e. The summed E-state index contributed by atoms with van der Waals surface area (Å²) in [5.74, 6) is 3.56. The van der Waals surface area contributed by atoms with Crippen LogP contribution in [0, 0.1) is 64.6 Å². The molecule has 8 nitrogen and oxygen atoms in total. The van der Waals surface area contributed by atoms with Crippen molar-refractivity contribution in [1.29, 1.82) is 0 Å². The van der Waals surface area contributed by atoms with Crippen LogP contribution in [0.3, 0.4) is 0 Å². The molecule has 1 amide bonds. The van der Waals surface area contributed by atoms with E-state index >= 15 is 0 Å². The highest BCUT2D eigenvalue weighted by molar-refractivity contribution is 5.94. The number of piperazine rings is 1. The van der Waals surface area contributed by atoms with E-state index in [4.69, 9.17) is 4.74 Å². The lowest BCUT2D eigenvalue weighted by Gasteiger charge is -2.63. The van der Waals surface area contributed by atoms with Crippen LogP contribution in [0.2, 0.25) is 0 Å². The molecule has 8 heteroatoms. The van der Waals surface area contributed by atoms with E-state index in [0.29, 0.717) is 29.2 Å². The number of nitrogens with one attached hydrogen (secondary N) is 1. The molecule has 7 aliphatic rings. The number of hydrogen-bond acceptors (Lipinski definition) is 6. The summed E-state index contributed by atoms with van der Waals surface area (Å²) in [6.45, 7) is 12.5. The van der Waals surface area contributed by atoms with Crippen LogP contribution < -0.4 is 5.32 Å². The van der Waals surface area contributed by atoms with Gasteiger partial charge in [-0.3, -0.25) is 19.3 Å². The van der Waals surface area contributed by atoms with Crippen LogP contribution in [0.15, 0.2) is 30.3 Å². The van der Waals surface area contributed by atoms with E-state index in [0.717, 1.165) is 87.3 Å². The fourth-order valence-corrected chi connectivity index (χ4v) is 13.8. The number of benzene rings is 1. The van der Waals surface area contributed by atoms with Crippen molar-refractivity contribution in [2.24, 2.45) is 64.6 Å². The van der Waals surface area contributed by atoms with Crippen molar-refractivity contribution in [3.63, 3.8) is 0 Å². The van der Waals surface area contributed by atoms with Crippen LogP contribution in [0.4, 0.5) is 0 Å². The van der Waals surface area contributed by atoms with Crippen molar-refractivity contribution >= 4 is 17.8 Å². The maximum atomic E-state index is 13.1. The molecular formula is C43H63N3O5. The molecule has 6 aliphatic carbocycles. The molecule has 1 saturated heterocycles. The predicted octanol–water partition coefficient (Wildman–Crippen LogP) is 6.74. The molecule has 0 bridgehead atoms. The number of nitrogens with zero attached hydrogens (tertiary/aromatic N) is 2. The maximum absolute atomic E-state index is 13.1. The molecule has 8 rings (SSSR count). The quantitative estimate of drug-likeness (QED) is 0.290. The molecule has 280 valence electrons. The summed E-state index contributed by atoms with van der Waals surface area (Å²) in [4.78, 5) is 42.1. The lowest BCUT2D eigenvalue weighted by atomic mass is 9.43. The van der Waals surface area contributed by atoms with Crippen molar-refractivity contribution in [2.45, 2.75) is 109 Å². The van der Waals surface area contributed by atoms with Crippen LogP contribution in [0.5, 0.6) is 0 Å². The average molecular weight is 702 g/mol. The first kappa shape index (κ1) is 35.6. The molecule has 1 aromatic carbocycles. The van der Waals surface area contributed by atoms with Crippen molar-refractivity contribution in [1.82, 2.24) is 15.1 Å². The molecule has 0 radical (unpaired) electrons. The maximum Gasteiger partial charge on any atom is 0.309 e. The second kappa shape index (κ2) is 14.1. The van der Waals surface area contributed by atoms with Crippen molar-refractivity contribution in [2.75, 3.05) is 39.3 Å². The zero-order chi connectivity index (χ0) is 35.5. The van der Waals surface area contributed by atoms with E-state index in [1.807, 2.05) is 42.2 Å². The molecule has 7 fully saturated rings. The zero-order valence-electron chi connectivity index (χ0n) is 31.4. The number of carbonyl (C=O) groups excluding carboxylic acids is 2. The number of hydrogen-bond donors (Lipinski definition) is 2. The van der Waals surface area contributed by atoms with Crippen LogP contribution in [-0.4, -0.2) is 83.7 Å². The standard InChI is InChI=1S/C43H63N3O5/c1-27-33(40(48)49)26-34(27)41(50)51-38-16-18-42(3)35(28(38)2)13-11-31-30-15-19-43(17-7-10-37(43)32(30)12-14-36(31)42)44-20-21-45-22-24-46(25-23-45)39(47)29-8-5-4-6-9-29/h4-6,8-9,27-28,30-38,44H,7,10-26H2,1-3H3,(H,48,49). The van der Waals surface area contributed by atoms with Gasteiger partial charge in [0.2, 0.25) is 0 Å². The second-order valence-electron chi connectivity index (χ2n) is 18.5. The molecule has 51 heavy (non-hydrogen) atoms. The molecule has 1 aliphatic heterocycles. The van der Waals surface area contributed by atoms with E-state index in [1.54, 1.807) is 0 Å². The van der Waals surface area contributed by atoms with E-state index in [9.17, 15) is 19.5 Å². The first-order valence-electron chi connectivity index (χ1n) is 20.8. The Morgan fingerprint density at radius 2 is 1.53 bits per heavy atom. The Morgan fingerprint density at radius 3 is 2.25 bits per heavy atom. The number of carboxylic acids is 1. The lowest BCUT2D eigenvalue weighted by Crippen LogP contribution is -2.61. The third-order valence-corrected chi connectivity index (χ3v) is 16.7. The first-order valence-corrected chi connectivity index (χ1v) is 20.8.